The van der Waals surface area contributed by atoms with Gasteiger partial charge in [0.25, 0.3) is 0 Å². The summed E-state index contributed by atoms with van der Waals surface area (Å²) in [6.45, 7) is 2.06. The number of thiazole rings is 1. The van der Waals surface area contributed by atoms with Gasteiger partial charge < -0.3 is 0 Å². The lowest BCUT2D eigenvalue weighted by Gasteiger charge is -2.05. The SMILES string of the molecule is Cc1sc(-n2nc(-c3ccc(Cl)c(Cl)c3)cc2-c2ccc(Cl)c(Cl)c2)nc1-c1ccccc1. The van der Waals surface area contributed by atoms with E-state index < -0.39 is 0 Å². The topological polar surface area (TPSA) is 30.7 Å². The lowest BCUT2D eigenvalue weighted by atomic mass is 10.1. The monoisotopic (exact) mass is 529 g/mol. The summed E-state index contributed by atoms with van der Waals surface area (Å²) in [4.78, 5) is 6.03. The van der Waals surface area contributed by atoms with Crippen LogP contribution in [0, 0.1) is 6.92 Å². The zero-order chi connectivity index (χ0) is 23.1. The molecule has 5 rings (SSSR count). The van der Waals surface area contributed by atoms with E-state index in [4.69, 9.17) is 56.5 Å². The fourth-order valence-electron chi connectivity index (χ4n) is 3.52. The fourth-order valence-corrected chi connectivity index (χ4v) is 5.01. The van der Waals surface area contributed by atoms with Crippen LogP contribution in [0.3, 0.4) is 0 Å². The van der Waals surface area contributed by atoms with Gasteiger partial charge in [-0.2, -0.15) is 5.10 Å². The third-order valence-electron chi connectivity index (χ3n) is 5.15. The maximum absolute atomic E-state index is 6.33. The first-order valence-electron chi connectivity index (χ1n) is 9.95. The number of hydrogen-bond acceptors (Lipinski definition) is 3. The molecule has 2 heterocycles. The molecule has 3 nitrogen and oxygen atoms in total. The molecule has 0 radical (unpaired) electrons. The molecular weight excluding hydrogens is 516 g/mol. The number of halogens is 4. The third kappa shape index (κ3) is 4.42. The molecule has 0 aliphatic carbocycles. The summed E-state index contributed by atoms with van der Waals surface area (Å²) >= 11 is 26.4. The molecule has 0 aliphatic heterocycles. The van der Waals surface area contributed by atoms with Gasteiger partial charge in [0.1, 0.15) is 0 Å². The molecular formula is C25H15Cl4N3S. The van der Waals surface area contributed by atoms with Crippen molar-refractivity contribution in [3.8, 4) is 38.9 Å². The summed E-state index contributed by atoms with van der Waals surface area (Å²) in [5.41, 5.74) is 5.29. The summed E-state index contributed by atoms with van der Waals surface area (Å²) in [6.07, 6.45) is 0. The molecule has 2 aromatic heterocycles. The van der Waals surface area contributed by atoms with Crippen LogP contribution >= 0.6 is 57.7 Å². The zero-order valence-corrected chi connectivity index (χ0v) is 21.0. The number of aryl methyl sites for hydroxylation is 1. The van der Waals surface area contributed by atoms with Gasteiger partial charge in [0.15, 0.2) is 0 Å². The van der Waals surface area contributed by atoms with E-state index in [-0.39, 0.29) is 0 Å². The Hall–Kier alpha value is -2.34. The van der Waals surface area contributed by atoms with Crippen molar-refractivity contribution in [3.63, 3.8) is 0 Å². The number of benzene rings is 3. The smallest absolute Gasteiger partial charge is 0.211 e. The molecule has 0 atom stereocenters. The Labute approximate surface area is 215 Å². The standard InChI is InChI=1S/C25H15Cl4N3S/c1-14-24(15-5-3-2-4-6-15)30-25(33-14)32-23(17-8-10-19(27)21(29)12-17)13-22(31-32)16-7-9-18(26)20(28)11-16/h2-13H,1H3. The third-order valence-corrected chi connectivity index (χ3v) is 7.58. The van der Waals surface area contributed by atoms with Crippen molar-refractivity contribution in [1.82, 2.24) is 14.8 Å². The van der Waals surface area contributed by atoms with Crippen LogP contribution in [0.5, 0.6) is 0 Å². The largest absolute Gasteiger partial charge is 0.218 e. The molecule has 0 unspecified atom stereocenters. The summed E-state index contributed by atoms with van der Waals surface area (Å²) < 4.78 is 1.83. The van der Waals surface area contributed by atoms with Crippen LogP contribution < -0.4 is 0 Å². The van der Waals surface area contributed by atoms with E-state index in [1.807, 2.05) is 47.1 Å². The molecule has 5 aromatic rings. The second-order valence-corrected chi connectivity index (χ2v) is 10.2. The Morgan fingerprint density at radius 1 is 0.697 bits per heavy atom. The number of nitrogens with zero attached hydrogens (tertiary/aromatic N) is 3. The van der Waals surface area contributed by atoms with E-state index >= 15 is 0 Å². The second-order valence-electron chi connectivity index (χ2n) is 7.35. The highest BCUT2D eigenvalue weighted by molar-refractivity contribution is 7.14. The molecule has 0 saturated carbocycles. The average Bonchev–Trinajstić information content (AvgIpc) is 3.42. The molecule has 8 heteroatoms. The molecule has 0 bridgehead atoms. The van der Waals surface area contributed by atoms with E-state index in [1.54, 1.807) is 29.5 Å². The number of hydrogen-bond donors (Lipinski definition) is 0. The van der Waals surface area contributed by atoms with Crippen molar-refractivity contribution < 1.29 is 0 Å². The van der Waals surface area contributed by atoms with Crippen LogP contribution in [0.15, 0.2) is 72.8 Å². The van der Waals surface area contributed by atoms with Crippen molar-refractivity contribution in [2.75, 3.05) is 0 Å². The predicted octanol–water partition coefficient (Wildman–Crippen LogP) is 9.25. The molecule has 0 amide bonds. The normalized spacial score (nSPS) is 11.2. The highest BCUT2D eigenvalue weighted by Crippen LogP contribution is 2.36. The van der Waals surface area contributed by atoms with E-state index in [2.05, 4.69) is 19.1 Å². The van der Waals surface area contributed by atoms with E-state index in [0.29, 0.717) is 20.1 Å². The van der Waals surface area contributed by atoms with E-state index in [0.717, 1.165) is 43.8 Å². The van der Waals surface area contributed by atoms with Crippen LogP contribution in [0.25, 0.3) is 38.9 Å². The Balaban J connectivity index is 1.69. The van der Waals surface area contributed by atoms with Gasteiger partial charge >= 0.3 is 0 Å². The zero-order valence-electron chi connectivity index (χ0n) is 17.2. The van der Waals surface area contributed by atoms with Crippen LogP contribution in [0.4, 0.5) is 0 Å². The van der Waals surface area contributed by atoms with Crippen molar-refractivity contribution >= 4 is 57.7 Å². The second kappa shape index (κ2) is 9.13. The van der Waals surface area contributed by atoms with Gasteiger partial charge in [0, 0.05) is 21.6 Å². The van der Waals surface area contributed by atoms with Crippen LogP contribution in [0.1, 0.15) is 4.88 Å². The molecule has 0 fully saturated rings. The van der Waals surface area contributed by atoms with Gasteiger partial charge in [0.2, 0.25) is 5.13 Å². The number of rotatable bonds is 4. The lowest BCUT2D eigenvalue weighted by Crippen LogP contribution is -1.99. The van der Waals surface area contributed by atoms with Gasteiger partial charge in [-0.25, -0.2) is 9.67 Å². The van der Waals surface area contributed by atoms with Crippen molar-refractivity contribution in [3.05, 3.63) is 97.8 Å². The van der Waals surface area contributed by atoms with Crippen LogP contribution in [-0.4, -0.2) is 14.8 Å². The molecule has 0 aliphatic rings. The van der Waals surface area contributed by atoms with Crippen LogP contribution in [-0.2, 0) is 0 Å². The maximum Gasteiger partial charge on any atom is 0.211 e. The van der Waals surface area contributed by atoms with Crippen molar-refractivity contribution in [2.24, 2.45) is 0 Å². The van der Waals surface area contributed by atoms with Crippen molar-refractivity contribution in [1.29, 1.82) is 0 Å². The first-order chi connectivity index (χ1) is 15.9. The van der Waals surface area contributed by atoms with Crippen LogP contribution in [0.2, 0.25) is 20.1 Å². The van der Waals surface area contributed by atoms with E-state index in [1.165, 1.54) is 0 Å². The summed E-state index contributed by atoms with van der Waals surface area (Å²) in [5.74, 6) is 0. The summed E-state index contributed by atoms with van der Waals surface area (Å²) in [7, 11) is 0. The minimum Gasteiger partial charge on any atom is -0.218 e. The Bertz CT molecular complexity index is 1470. The first-order valence-corrected chi connectivity index (χ1v) is 12.3. The Kier molecular flexibility index (Phi) is 6.21. The minimum absolute atomic E-state index is 0.469. The highest BCUT2D eigenvalue weighted by atomic mass is 35.5. The first kappa shape index (κ1) is 22.5. The predicted molar refractivity (Wildman–Crippen MR) is 140 cm³/mol. The molecule has 33 heavy (non-hydrogen) atoms. The molecule has 3 aromatic carbocycles. The molecule has 0 spiro atoms. The van der Waals surface area contributed by atoms with E-state index in [9.17, 15) is 0 Å². The Morgan fingerprint density at radius 3 is 2.00 bits per heavy atom. The molecule has 164 valence electrons. The van der Waals surface area contributed by atoms with Gasteiger partial charge in [-0.3, -0.25) is 0 Å². The maximum atomic E-state index is 6.33. The minimum atomic E-state index is 0.469. The summed E-state index contributed by atoms with van der Waals surface area (Å²) in [6, 6.07) is 23.1. The highest BCUT2D eigenvalue weighted by Gasteiger charge is 2.19. The fraction of sp³-hybridized carbons (Fsp3) is 0.0400. The quantitative estimate of drug-likeness (QED) is 0.232. The van der Waals surface area contributed by atoms with Crippen molar-refractivity contribution in [2.45, 2.75) is 6.92 Å². The van der Waals surface area contributed by atoms with Gasteiger partial charge in [-0.15, -0.1) is 0 Å². The Morgan fingerprint density at radius 2 is 1.33 bits per heavy atom. The molecule has 0 saturated heterocycles. The average molecular weight is 531 g/mol. The molecule has 0 N–H and O–H groups in total. The van der Waals surface area contributed by atoms with Gasteiger partial charge in [0.05, 0.1) is 37.2 Å². The number of aromatic nitrogens is 3. The lowest BCUT2D eigenvalue weighted by molar-refractivity contribution is 0.881. The summed E-state index contributed by atoms with van der Waals surface area (Å²) in [5, 5.41) is 7.56. The van der Waals surface area contributed by atoms with Gasteiger partial charge in [-0.1, -0.05) is 100 Å². The van der Waals surface area contributed by atoms with Gasteiger partial charge in [-0.05, 0) is 37.3 Å².